The number of pyridine rings is 2. The molecule has 1 saturated heterocycles. The lowest BCUT2D eigenvalue weighted by molar-refractivity contribution is -0.127. The van der Waals surface area contributed by atoms with Crippen LogP contribution >= 0.6 is 0 Å². The van der Waals surface area contributed by atoms with E-state index < -0.39 is 0 Å². The molecule has 8 rings (SSSR count). The fourth-order valence-electron chi connectivity index (χ4n) is 6.56. The van der Waals surface area contributed by atoms with Gasteiger partial charge in [0, 0.05) is 31.0 Å². The molecule has 1 aromatic carbocycles. The van der Waals surface area contributed by atoms with Gasteiger partial charge in [0.25, 0.3) is 0 Å². The summed E-state index contributed by atoms with van der Waals surface area (Å²) in [6, 6.07) is 17.1. The van der Waals surface area contributed by atoms with E-state index in [1.165, 1.54) is 23.6 Å². The number of hydrogen-bond acceptors (Lipinski definition) is 8. The molecule has 5 aromatic rings. The van der Waals surface area contributed by atoms with E-state index >= 15 is 0 Å². The van der Waals surface area contributed by atoms with Crippen molar-refractivity contribution in [3.05, 3.63) is 84.2 Å². The Morgan fingerprint density at radius 2 is 1.89 bits per heavy atom. The van der Waals surface area contributed by atoms with Crippen LogP contribution in [0.1, 0.15) is 36.1 Å². The molecule has 1 aliphatic carbocycles. The molecule has 0 atom stereocenters. The van der Waals surface area contributed by atoms with Crippen molar-refractivity contribution in [1.82, 2.24) is 39.5 Å². The number of likely N-dealkylation sites (tertiary alicyclic amines) is 1. The van der Waals surface area contributed by atoms with Crippen LogP contribution in [-0.4, -0.2) is 72.9 Å². The first-order valence-electron chi connectivity index (χ1n) is 16.0. The Hall–Kier alpha value is -4.87. The second-order valence-corrected chi connectivity index (χ2v) is 11.9. The van der Waals surface area contributed by atoms with Crippen LogP contribution in [0.25, 0.3) is 39.6 Å². The van der Waals surface area contributed by atoms with Crippen LogP contribution < -0.4 is 11.1 Å². The van der Waals surface area contributed by atoms with Crippen molar-refractivity contribution in [3.8, 4) is 28.5 Å². The minimum absolute atomic E-state index is 0.0598. The van der Waals surface area contributed by atoms with Gasteiger partial charge in [0.2, 0.25) is 5.91 Å². The summed E-state index contributed by atoms with van der Waals surface area (Å²) in [5, 5.41) is 7.99. The highest BCUT2D eigenvalue weighted by molar-refractivity contribution is 5.87. The molecule has 0 radical (unpaired) electrons. The third-order valence-electron chi connectivity index (χ3n) is 9.14. The van der Waals surface area contributed by atoms with Gasteiger partial charge in [0.1, 0.15) is 17.0 Å². The average Bonchev–Trinajstić information content (AvgIpc) is 3.84. The molecule has 236 valence electrons. The van der Waals surface area contributed by atoms with Crippen LogP contribution in [0.5, 0.6) is 0 Å². The minimum atomic E-state index is 0.0598. The molecule has 11 heteroatoms. The number of fused-ring (bicyclic) bond motifs is 3. The molecule has 11 nitrogen and oxygen atoms in total. The molecule has 3 aliphatic rings. The number of benzene rings is 1. The Morgan fingerprint density at radius 3 is 2.67 bits per heavy atom. The lowest BCUT2D eigenvalue weighted by Crippen LogP contribution is -2.43. The number of imidazole rings is 1. The number of nitrogen functional groups attached to an aromatic ring is 1. The maximum absolute atomic E-state index is 11.1. The summed E-state index contributed by atoms with van der Waals surface area (Å²) >= 11 is 0. The lowest BCUT2D eigenvalue weighted by atomic mass is 10.1. The number of anilines is 1. The number of aromatic nitrogens is 6. The largest absolute Gasteiger partial charge is 0.383 e. The topological polar surface area (TPSA) is 129 Å². The predicted molar refractivity (Wildman–Crippen MR) is 178 cm³/mol. The molecular formula is C35H39N9O2. The van der Waals surface area contributed by atoms with Crippen LogP contribution in [0.4, 0.5) is 5.82 Å². The van der Waals surface area contributed by atoms with Gasteiger partial charge in [0.05, 0.1) is 36.7 Å². The molecule has 0 unspecified atom stereocenters. The van der Waals surface area contributed by atoms with Crippen molar-refractivity contribution in [2.45, 2.75) is 51.3 Å². The zero-order chi connectivity index (χ0) is 31.6. The summed E-state index contributed by atoms with van der Waals surface area (Å²) in [6.07, 6.45) is 8.62. The standard InChI is InChI=1S/C26H23N7O.C9H16N2O/c27-24-20(5-2-10-28-24)25-30-22-9-8-21(23-14-19-15-34-12-11-32(19)31-23)29-26(22)33(25)18-7-6-16-3-1-4-17(16)13-18;1-3-9(12)11-6-4-8(10-2)5-7-11/h2,5-10,13-14H,1,3-4,11-12,15H2,(H2,27,28);3,8,10H,1,4-7H2,2H3. The Bertz CT molecular complexity index is 1880. The van der Waals surface area contributed by atoms with E-state index in [0.717, 1.165) is 90.6 Å². The van der Waals surface area contributed by atoms with E-state index in [4.69, 9.17) is 25.5 Å². The van der Waals surface area contributed by atoms with Crippen LogP contribution in [0.15, 0.2) is 67.4 Å². The molecule has 0 saturated carbocycles. The van der Waals surface area contributed by atoms with Gasteiger partial charge < -0.3 is 20.7 Å². The summed E-state index contributed by atoms with van der Waals surface area (Å²) in [6.45, 7) is 7.20. The van der Waals surface area contributed by atoms with Gasteiger partial charge in [-0.2, -0.15) is 5.10 Å². The van der Waals surface area contributed by atoms with Crippen LogP contribution in [0, 0.1) is 0 Å². The molecule has 6 heterocycles. The third kappa shape index (κ3) is 5.79. The van der Waals surface area contributed by atoms with Crippen molar-refractivity contribution in [2.24, 2.45) is 0 Å². The van der Waals surface area contributed by atoms with E-state index in [1.807, 2.05) is 40.9 Å². The predicted octanol–water partition coefficient (Wildman–Crippen LogP) is 4.33. The maximum Gasteiger partial charge on any atom is 0.245 e. The first-order chi connectivity index (χ1) is 22.5. The zero-order valence-corrected chi connectivity index (χ0v) is 26.2. The molecule has 3 N–H and O–H groups in total. The number of nitrogens with one attached hydrogen (secondary N) is 1. The van der Waals surface area contributed by atoms with Crippen molar-refractivity contribution in [3.63, 3.8) is 0 Å². The minimum Gasteiger partial charge on any atom is -0.383 e. The number of rotatable bonds is 5. The molecule has 2 aliphatic heterocycles. The monoisotopic (exact) mass is 617 g/mol. The van der Waals surface area contributed by atoms with Gasteiger partial charge in [0.15, 0.2) is 11.5 Å². The van der Waals surface area contributed by atoms with Crippen LogP contribution in [0.2, 0.25) is 0 Å². The number of carbonyl (C=O) groups is 1. The van der Waals surface area contributed by atoms with E-state index in [-0.39, 0.29) is 5.91 Å². The number of piperidine rings is 1. The van der Waals surface area contributed by atoms with Gasteiger partial charge in [-0.05, 0) is 98.8 Å². The maximum atomic E-state index is 11.1. The van der Waals surface area contributed by atoms with Gasteiger partial charge in [-0.1, -0.05) is 12.6 Å². The zero-order valence-electron chi connectivity index (χ0n) is 26.2. The molecule has 0 bridgehead atoms. The molecule has 0 spiro atoms. The normalized spacial score (nSPS) is 16.1. The van der Waals surface area contributed by atoms with Gasteiger partial charge in [-0.15, -0.1) is 0 Å². The quantitative estimate of drug-likeness (QED) is 0.279. The Balaban J connectivity index is 0.000000240. The molecule has 1 fully saturated rings. The second kappa shape index (κ2) is 12.9. The molecule has 1 amide bonds. The summed E-state index contributed by atoms with van der Waals surface area (Å²) < 4.78 is 9.68. The smallest absolute Gasteiger partial charge is 0.245 e. The Morgan fingerprint density at radius 1 is 1.04 bits per heavy atom. The first-order valence-corrected chi connectivity index (χ1v) is 16.0. The summed E-state index contributed by atoms with van der Waals surface area (Å²) in [7, 11) is 1.97. The Labute approximate surface area is 268 Å². The number of hydrogen-bond donors (Lipinski definition) is 2. The van der Waals surface area contributed by atoms with Crippen LogP contribution in [-0.2, 0) is 35.5 Å². The SMILES string of the molecule is C=CC(=O)N1CCC(NC)CC1.Nc1ncccc1-c1nc2ccc(-c3cc4n(n3)CCOC4)nc2n1-c1ccc2c(c1)CCC2. The lowest BCUT2D eigenvalue weighted by Gasteiger charge is -2.30. The number of amides is 1. The van der Waals surface area contributed by atoms with E-state index in [9.17, 15) is 4.79 Å². The number of aryl methyl sites for hydroxylation is 2. The number of nitrogens with two attached hydrogens (primary N) is 1. The van der Waals surface area contributed by atoms with Gasteiger partial charge in [-0.3, -0.25) is 14.0 Å². The average molecular weight is 618 g/mol. The third-order valence-corrected chi connectivity index (χ3v) is 9.14. The van der Waals surface area contributed by atoms with E-state index in [2.05, 4.69) is 45.7 Å². The van der Waals surface area contributed by atoms with Gasteiger partial charge >= 0.3 is 0 Å². The number of carbonyl (C=O) groups excluding carboxylic acids is 1. The molecule has 4 aromatic heterocycles. The summed E-state index contributed by atoms with van der Waals surface area (Å²) in [5.41, 5.74) is 15.2. The molecule has 46 heavy (non-hydrogen) atoms. The summed E-state index contributed by atoms with van der Waals surface area (Å²) in [4.78, 5) is 27.3. The van der Waals surface area contributed by atoms with Crippen molar-refractivity contribution >= 4 is 22.9 Å². The van der Waals surface area contributed by atoms with Crippen molar-refractivity contribution in [1.29, 1.82) is 0 Å². The Kier molecular flexibility index (Phi) is 8.33. The van der Waals surface area contributed by atoms with Gasteiger partial charge in [-0.25, -0.2) is 15.0 Å². The number of ether oxygens (including phenoxy) is 1. The van der Waals surface area contributed by atoms with Crippen molar-refractivity contribution in [2.75, 3.05) is 32.5 Å². The molecular weight excluding hydrogens is 578 g/mol. The fraction of sp³-hybridized carbons (Fsp3) is 0.343. The van der Waals surface area contributed by atoms with Crippen LogP contribution in [0.3, 0.4) is 0 Å². The number of nitrogens with zero attached hydrogens (tertiary/aromatic N) is 7. The fourth-order valence-corrected chi connectivity index (χ4v) is 6.56. The highest BCUT2D eigenvalue weighted by atomic mass is 16.5. The van der Waals surface area contributed by atoms with Crippen molar-refractivity contribution < 1.29 is 9.53 Å². The van der Waals surface area contributed by atoms with E-state index in [1.54, 1.807) is 6.20 Å². The summed E-state index contributed by atoms with van der Waals surface area (Å²) in [5.74, 6) is 1.24. The first kappa shape index (κ1) is 29.8. The second-order valence-electron chi connectivity index (χ2n) is 11.9. The highest BCUT2D eigenvalue weighted by Crippen LogP contribution is 2.33. The van der Waals surface area contributed by atoms with E-state index in [0.29, 0.717) is 25.1 Å². The highest BCUT2D eigenvalue weighted by Gasteiger charge is 2.22.